The highest BCUT2D eigenvalue weighted by atomic mass is 16.3. The lowest BCUT2D eigenvalue weighted by atomic mass is 9.46. The van der Waals surface area contributed by atoms with Crippen molar-refractivity contribution in [3.8, 4) is 5.69 Å². The number of benzene rings is 1. The Hall–Kier alpha value is -2.17. The molecule has 1 radical (unpaired) electrons. The first kappa shape index (κ1) is 21.4. The lowest BCUT2D eigenvalue weighted by Gasteiger charge is -2.59. The summed E-state index contributed by atoms with van der Waals surface area (Å²) in [6.07, 6.45) is 8.70. The zero-order valence-electron chi connectivity index (χ0n) is 20.1. The molecule has 2 saturated carbocycles. The molecule has 4 nitrogen and oxygen atoms in total. The van der Waals surface area contributed by atoms with E-state index in [1.807, 2.05) is 29.1 Å². The van der Waals surface area contributed by atoms with Crippen LogP contribution in [-0.2, 0) is 6.42 Å². The van der Waals surface area contributed by atoms with Crippen LogP contribution in [0, 0.1) is 41.4 Å². The summed E-state index contributed by atoms with van der Waals surface area (Å²) in [5, 5.41) is 27.8. The molecular formula is C29H35N2O2. The van der Waals surface area contributed by atoms with Gasteiger partial charge in [0, 0.05) is 16.7 Å². The van der Waals surface area contributed by atoms with Gasteiger partial charge in [0.15, 0.2) is 0 Å². The van der Waals surface area contributed by atoms with Crippen molar-refractivity contribution in [2.24, 2.45) is 34.5 Å². The number of aromatic nitrogens is 2. The molecule has 1 heterocycles. The maximum absolute atomic E-state index is 11.6. The Balaban J connectivity index is 1.48. The lowest BCUT2D eigenvalue weighted by molar-refractivity contribution is -0.144. The Labute approximate surface area is 197 Å². The fourth-order valence-electron chi connectivity index (χ4n) is 8.26. The molecule has 2 N–H and O–H groups in total. The van der Waals surface area contributed by atoms with E-state index in [9.17, 15) is 10.2 Å². The minimum absolute atomic E-state index is 0.124. The maximum atomic E-state index is 11.6. The third-order valence-electron chi connectivity index (χ3n) is 10.1. The highest BCUT2D eigenvalue weighted by molar-refractivity contribution is 5.66. The van der Waals surface area contributed by atoms with E-state index in [-0.39, 0.29) is 28.6 Å². The smallest absolute Gasteiger partial charge is 0.0731 e. The highest BCUT2D eigenvalue weighted by Gasteiger charge is 2.66. The van der Waals surface area contributed by atoms with Crippen LogP contribution in [0.2, 0.25) is 0 Å². The van der Waals surface area contributed by atoms with Gasteiger partial charge in [-0.15, -0.1) is 0 Å². The summed E-state index contributed by atoms with van der Waals surface area (Å²) < 4.78 is 2.04. The van der Waals surface area contributed by atoms with Gasteiger partial charge in [0.1, 0.15) is 0 Å². The van der Waals surface area contributed by atoms with Crippen molar-refractivity contribution in [1.82, 2.24) is 9.78 Å². The molecule has 0 saturated heterocycles. The first-order valence-corrected chi connectivity index (χ1v) is 12.4. The molecule has 33 heavy (non-hydrogen) atoms. The van der Waals surface area contributed by atoms with E-state index < -0.39 is 11.7 Å². The Bertz CT molecular complexity index is 1180. The van der Waals surface area contributed by atoms with Crippen molar-refractivity contribution in [3.05, 3.63) is 71.9 Å². The van der Waals surface area contributed by atoms with Crippen molar-refractivity contribution in [1.29, 1.82) is 0 Å². The van der Waals surface area contributed by atoms with Crippen molar-refractivity contribution in [2.75, 3.05) is 0 Å². The van der Waals surface area contributed by atoms with E-state index >= 15 is 0 Å². The molecule has 0 spiro atoms. The van der Waals surface area contributed by atoms with Gasteiger partial charge in [0.2, 0.25) is 0 Å². The Kier molecular flexibility index (Phi) is 4.34. The second-order valence-corrected chi connectivity index (χ2v) is 11.8. The number of para-hydroxylation sites is 1. The minimum Gasteiger partial charge on any atom is -0.393 e. The number of aliphatic hydroxyl groups is 2. The molecular weight excluding hydrogens is 408 g/mol. The molecule has 6 rings (SSSR count). The summed E-state index contributed by atoms with van der Waals surface area (Å²) in [5.74, 6) is 0.814. The molecule has 8 atom stereocenters. The van der Waals surface area contributed by atoms with E-state index in [1.165, 1.54) is 16.7 Å². The summed E-state index contributed by atoms with van der Waals surface area (Å²) in [6, 6.07) is 10.3. The maximum Gasteiger partial charge on any atom is 0.0731 e. The number of hydrogen-bond acceptors (Lipinski definition) is 3. The Morgan fingerprint density at radius 3 is 2.64 bits per heavy atom. The van der Waals surface area contributed by atoms with Crippen molar-refractivity contribution < 1.29 is 10.2 Å². The number of aliphatic hydroxyl groups excluding tert-OH is 1. The topological polar surface area (TPSA) is 58.3 Å². The average Bonchev–Trinajstić information content (AvgIpc) is 3.24. The van der Waals surface area contributed by atoms with Crippen LogP contribution in [0.5, 0.6) is 0 Å². The zero-order valence-corrected chi connectivity index (χ0v) is 20.1. The average molecular weight is 444 g/mol. The zero-order chi connectivity index (χ0) is 23.3. The van der Waals surface area contributed by atoms with E-state index in [1.54, 1.807) is 0 Å². The molecule has 1 aromatic heterocycles. The van der Waals surface area contributed by atoms with Gasteiger partial charge in [-0.05, 0) is 80.2 Å². The first-order valence-electron chi connectivity index (χ1n) is 12.4. The molecule has 0 aliphatic heterocycles. The second-order valence-electron chi connectivity index (χ2n) is 11.8. The molecule has 2 aromatic rings. The van der Waals surface area contributed by atoms with Crippen LogP contribution < -0.4 is 0 Å². The Morgan fingerprint density at radius 2 is 1.91 bits per heavy atom. The summed E-state index contributed by atoms with van der Waals surface area (Å²) in [4.78, 5) is 0. The number of rotatable bonds is 1. The molecule has 4 heteroatoms. The summed E-state index contributed by atoms with van der Waals surface area (Å²) >= 11 is 0. The van der Waals surface area contributed by atoms with Crippen LogP contribution in [-0.4, -0.2) is 31.7 Å². The number of allylic oxidation sites excluding steroid dienone is 3. The lowest BCUT2D eigenvalue weighted by Crippen LogP contribution is -2.59. The van der Waals surface area contributed by atoms with Crippen LogP contribution in [0.3, 0.4) is 0 Å². The third kappa shape index (κ3) is 2.62. The van der Waals surface area contributed by atoms with Gasteiger partial charge in [-0.25, -0.2) is 4.68 Å². The normalized spacial score (nSPS) is 43.7. The summed E-state index contributed by atoms with van der Waals surface area (Å²) in [5.41, 5.74) is 4.55. The molecule has 4 aliphatic rings. The third-order valence-corrected chi connectivity index (χ3v) is 10.1. The van der Waals surface area contributed by atoms with Crippen LogP contribution in [0.15, 0.2) is 53.8 Å². The van der Waals surface area contributed by atoms with E-state index in [2.05, 4.69) is 58.9 Å². The van der Waals surface area contributed by atoms with Gasteiger partial charge < -0.3 is 10.2 Å². The summed E-state index contributed by atoms with van der Waals surface area (Å²) in [6.45, 7) is 13.1. The van der Waals surface area contributed by atoms with E-state index in [4.69, 9.17) is 5.10 Å². The predicted molar refractivity (Wildman–Crippen MR) is 130 cm³/mol. The van der Waals surface area contributed by atoms with Crippen LogP contribution in [0.1, 0.15) is 51.8 Å². The standard InChI is InChI=1S/C29H35N2O2/c1-17-11-21-23-12-18(2)29(5,33)28(23,4)15-25(32)26(21)27(3)14-19-16-30-31(24(19)13-22(17)27)20-9-7-6-8-10-20/h6-11,13,16,18,21,23,25-26,32-33H,5,12,14-15H2,1-4H3. The molecule has 4 aliphatic carbocycles. The largest absolute Gasteiger partial charge is 0.393 e. The monoisotopic (exact) mass is 443 g/mol. The fourth-order valence-corrected chi connectivity index (χ4v) is 8.26. The quantitative estimate of drug-likeness (QED) is 0.652. The highest BCUT2D eigenvalue weighted by Crippen LogP contribution is 2.67. The van der Waals surface area contributed by atoms with Gasteiger partial charge in [-0.3, -0.25) is 0 Å². The van der Waals surface area contributed by atoms with Gasteiger partial charge in [-0.1, -0.05) is 50.6 Å². The fraction of sp³-hybridized carbons (Fsp3) is 0.517. The van der Waals surface area contributed by atoms with E-state index in [0.717, 1.165) is 24.2 Å². The first-order chi connectivity index (χ1) is 15.6. The van der Waals surface area contributed by atoms with Gasteiger partial charge in [-0.2, -0.15) is 5.10 Å². The molecule has 0 amide bonds. The molecule has 0 bridgehead atoms. The van der Waals surface area contributed by atoms with Crippen molar-refractivity contribution >= 4 is 6.08 Å². The SMILES string of the molecule is [CH2]C1(O)C(C)CC2C3C=C(C)C4=Cc5c(cnn5-c5ccccc5)CC4(C)C3C(O)CC21C. The number of fused-ring (bicyclic) bond motifs is 6. The Morgan fingerprint density at radius 1 is 1.18 bits per heavy atom. The predicted octanol–water partition coefficient (Wildman–Crippen LogP) is 5.00. The minimum atomic E-state index is -1.00. The number of nitrogens with zero attached hydrogens (tertiary/aromatic N) is 2. The second kappa shape index (κ2) is 6.70. The van der Waals surface area contributed by atoms with Gasteiger partial charge in [0.25, 0.3) is 0 Å². The van der Waals surface area contributed by atoms with Crippen molar-refractivity contribution in [3.63, 3.8) is 0 Å². The van der Waals surface area contributed by atoms with Crippen LogP contribution in [0.25, 0.3) is 11.8 Å². The molecule has 1 aromatic carbocycles. The van der Waals surface area contributed by atoms with Crippen molar-refractivity contribution in [2.45, 2.75) is 58.7 Å². The molecule has 2 fully saturated rings. The molecule has 173 valence electrons. The molecule has 8 unspecified atom stereocenters. The summed E-state index contributed by atoms with van der Waals surface area (Å²) in [7, 11) is 0. The van der Waals surface area contributed by atoms with Crippen LogP contribution >= 0.6 is 0 Å². The van der Waals surface area contributed by atoms with Crippen LogP contribution in [0.4, 0.5) is 0 Å². The van der Waals surface area contributed by atoms with Gasteiger partial charge in [0.05, 0.1) is 29.3 Å². The van der Waals surface area contributed by atoms with E-state index in [0.29, 0.717) is 12.3 Å². The van der Waals surface area contributed by atoms with Gasteiger partial charge >= 0.3 is 0 Å². The number of hydrogen-bond donors (Lipinski definition) is 2.